The standard InChI is InChI=1S/C11H9Br3N2S/c12-7-3-6(4-8(13)5-7)10(16-15)11-9(14)1-2-17-11/h1-5,10,16H,15H2. The molecule has 0 aliphatic heterocycles. The fourth-order valence-corrected chi connectivity index (χ4v) is 4.59. The molecule has 2 nitrogen and oxygen atoms in total. The van der Waals surface area contributed by atoms with Gasteiger partial charge in [-0.2, -0.15) is 0 Å². The number of halogens is 3. The molecule has 0 aliphatic rings. The quantitative estimate of drug-likeness (QED) is 0.541. The van der Waals surface area contributed by atoms with Crippen LogP contribution in [-0.2, 0) is 0 Å². The second-order valence-electron chi connectivity index (χ2n) is 3.44. The molecule has 17 heavy (non-hydrogen) atoms. The van der Waals surface area contributed by atoms with Crippen molar-refractivity contribution in [2.24, 2.45) is 5.84 Å². The van der Waals surface area contributed by atoms with E-state index in [1.807, 2.05) is 17.5 Å². The van der Waals surface area contributed by atoms with Gasteiger partial charge >= 0.3 is 0 Å². The summed E-state index contributed by atoms with van der Waals surface area (Å²) in [6.07, 6.45) is 0. The van der Waals surface area contributed by atoms with Crippen LogP contribution in [-0.4, -0.2) is 0 Å². The smallest absolute Gasteiger partial charge is 0.0814 e. The summed E-state index contributed by atoms with van der Waals surface area (Å²) in [6.45, 7) is 0. The van der Waals surface area contributed by atoms with E-state index >= 15 is 0 Å². The Bertz CT molecular complexity index is 507. The lowest BCUT2D eigenvalue weighted by Gasteiger charge is -2.16. The van der Waals surface area contributed by atoms with Crippen molar-refractivity contribution in [1.82, 2.24) is 5.43 Å². The van der Waals surface area contributed by atoms with Gasteiger partial charge in [0.25, 0.3) is 0 Å². The van der Waals surface area contributed by atoms with Gasteiger partial charge in [0.15, 0.2) is 0 Å². The topological polar surface area (TPSA) is 38.0 Å². The third kappa shape index (κ3) is 3.19. The van der Waals surface area contributed by atoms with Gasteiger partial charge in [0.1, 0.15) is 0 Å². The molecule has 2 rings (SSSR count). The normalized spacial score (nSPS) is 12.7. The SMILES string of the molecule is NNC(c1cc(Br)cc(Br)c1)c1sccc1Br. The van der Waals surface area contributed by atoms with E-state index in [1.54, 1.807) is 11.3 Å². The van der Waals surface area contributed by atoms with Gasteiger partial charge in [-0.25, -0.2) is 5.43 Å². The van der Waals surface area contributed by atoms with Gasteiger partial charge in [-0.3, -0.25) is 5.84 Å². The zero-order valence-electron chi connectivity index (χ0n) is 8.58. The molecule has 0 saturated heterocycles. The van der Waals surface area contributed by atoms with Crippen LogP contribution in [0.15, 0.2) is 43.1 Å². The lowest BCUT2D eigenvalue weighted by molar-refractivity contribution is 0.644. The predicted octanol–water partition coefficient (Wildman–Crippen LogP) is 4.59. The molecule has 0 spiro atoms. The van der Waals surface area contributed by atoms with E-state index in [4.69, 9.17) is 5.84 Å². The summed E-state index contributed by atoms with van der Waals surface area (Å²) in [7, 11) is 0. The maximum Gasteiger partial charge on any atom is 0.0814 e. The maximum atomic E-state index is 5.67. The zero-order chi connectivity index (χ0) is 12.4. The molecule has 1 aromatic heterocycles. The van der Waals surface area contributed by atoms with Crippen molar-refractivity contribution < 1.29 is 0 Å². The van der Waals surface area contributed by atoms with Crippen LogP contribution < -0.4 is 11.3 Å². The van der Waals surface area contributed by atoms with Gasteiger partial charge < -0.3 is 0 Å². The molecule has 0 saturated carbocycles. The van der Waals surface area contributed by atoms with Gasteiger partial charge in [0, 0.05) is 18.3 Å². The third-order valence-electron chi connectivity index (χ3n) is 2.29. The van der Waals surface area contributed by atoms with Crippen LogP contribution in [0.2, 0.25) is 0 Å². The van der Waals surface area contributed by atoms with Crippen molar-refractivity contribution in [3.8, 4) is 0 Å². The number of hydrazine groups is 1. The lowest BCUT2D eigenvalue weighted by atomic mass is 10.1. The van der Waals surface area contributed by atoms with Crippen molar-refractivity contribution in [1.29, 1.82) is 0 Å². The van der Waals surface area contributed by atoms with E-state index in [1.165, 1.54) is 0 Å². The van der Waals surface area contributed by atoms with Crippen molar-refractivity contribution in [2.45, 2.75) is 6.04 Å². The maximum absolute atomic E-state index is 5.67. The number of hydrogen-bond donors (Lipinski definition) is 2. The lowest BCUT2D eigenvalue weighted by Crippen LogP contribution is -2.28. The highest BCUT2D eigenvalue weighted by atomic mass is 79.9. The number of rotatable bonds is 3. The molecule has 1 heterocycles. The van der Waals surface area contributed by atoms with Gasteiger partial charge in [-0.15, -0.1) is 11.3 Å². The van der Waals surface area contributed by atoms with Crippen LogP contribution in [0.1, 0.15) is 16.5 Å². The molecular formula is C11H9Br3N2S. The highest BCUT2D eigenvalue weighted by molar-refractivity contribution is 9.11. The second kappa shape index (κ2) is 5.95. The molecule has 0 amide bonds. The summed E-state index contributed by atoms with van der Waals surface area (Å²) in [5.41, 5.74) is 3.96. The van der Waals surface area contributed by atoms with Crippen LogP contribution >= 0.6 is 59.1 Å². The number of thiophene rings is 1. The minimum atomic E-state index is -0.0156. The van der Waals surface area contributed by atoms with E-state index in [2.05, 4.69) is 65.3 Å². The minimum absolute atomic E-state index is 0.0156. The highest BCUT2D eigenvalue weighted by Crippen LogP contribution is 2.34. The monoisotopic (exact) mass is 438 g/mol. The van der Waals surface area contributed by atoms with Gasteiger partial charge in [0.05, 0.1) is 6.04 Å². The van der Waals surface area contributed by atoms with E-state index in [-0.39, 0.29) is 6.04 Å². The molecule has 3 N–H and O–H groups in total. The van der Waals surface area contributed by atoms with Gasteiger partial charge in [0.2, 0.25) is 0 Å². The molecule has 1 unspecified atom stereocenters. The Labute approximate surface area is 129 Å². The van der Waals surface area contributed by atoms with Crippen LogP contribution in [0.3, 0.4) is 0 Å². The Kier molecular flexibility index (Phi) is 4.80. The van der Waals surface area contributed by atoms with Crippen LogP contribution in [0.25, 0.3) is 0 Å². The molecular weight excluding hydrogens is 432 g/mol. The molecule has 2 aromatic rings. The average molecular weight is 441 g/mol. The first-order chi connectivity index (χ1) is 8.11. The predicted molar refractivity (Wildman–Crippen MR) is 83.0 cm³/mol. The molecule has 1 atom stereocenters. The fraction of sp³-hybridized carbons (Fsp3) is 0.0909. The zero-order valence-corrected chi connectivity index (χ0v) is 14.2. The molecule has 1 aromatic carbocycles. The van der Waals surface area contributed by atoms with E-state index in [0.717, 1.165) is 23.9 Å². The number of nitrogens with one attached hydrogen (secondary N) is 1. The molecule has 0 fully saturated rings. The summed E-state index contributed by atoms with van der Waals surface area (Å²) in [6, 6.07) is 8.12. The summed E-state index contributed by atoms with van der Waals surface area (Å²) in [4.78, 5) is 1.16. The van der Waals surface area contributed by atoms with Gasteiger partial charge in [-0.05, 0) is 51.1 Å². The Balaban J connectivity index is 2.45. The summed E-state index contributed by atoms with van der Waals surface area (Å²) < 4.78 is 3.12. The van der Waals surface area contributed by atoms with Crippen molar-refractivity contribution in [3.63, 3.8) is 0 Å². The van der Waals surface area contributed by atoms with E-state index in [0.29, 0.717) is 0 Å². The fourth-order valence-electron chi connectivity index (χ4n) is 1.58. The molecule has 0 bridgehead atoms. The first kappa shape index (κ1) is 13.7. The Hall–Kier alpha value is 0.280. The third-order valence-corrected chi connectivity index (χ3v) is 5.14. The summed E-state index contributed by atoms with van der Waals surface area (Å²) in [5.74, 6) is 5.67. The van der Waals surface area contributed by atoms with Crippen molar-refractivity contribution >= 4 is 59.1 Å². The Morgan fingerprint density at radius 1 is 1.12 bits per heavy atom. The van der Waals surface area contributed by atoms with E-state index in [9.17, 15) is 0 Å². The number of benzene rings is 1. The van der Waals surface area contributed by atoms with Crippen molar-refractivity contribution in [2.75, 3.05) is 0 Å². The van der Waals surface area contributed by atoms with Crippen LogP contribution in [0.5, 0.6) is 0 Å². The largest absolute Gasteiger partial charge is 0.271 e. The molecule has 6 heteroatoms. The minimum Gasteiger partial charge on any atom is -0.271 e. The van der Waals surface area contributed by atoms with Crippen LogP contribution in [0.4, 0.5) is 0 Å². The highest BCUT2D eigenvalue weighted by Gasteiger charge is 2.17. The number of hydrogen-bond acceptors (Lipinski definition) is 3. The van der Waals surface area contributed by atoms with Gasteiger partial charge in [-0.1, -0.05) is 31.9 Å². The first-order valence-electron chi connectivity index (χ1n) is 4.77. The number of nitrogens with two attached hydrogens (primary N) is 1. The Morgan fingerprint density at radius 3 is 2.24 bits per heavy atom. The Morgan fingerprint density at radius 2 is 1.76 bits per heavy atom. The summed E-state index contributed by atoms with van der Waals surface area (Å²) >= 11 is 12.2. The summed E-state index contributed by atoms with van der Waals surface area (Å²) in [5, 5.41) is 2.04. The first-order valence-corrected chi connectivity index (χ1v) is 8.02. The molecule has 0 aliphatic carbocycles. The van der Waals surface area contributed by atoms with Crippen LogP contribution in [0, 0.1) is 0 Å². The average Bonchev–Trinajstić information content (AvgIpc) is 2.65. The van der Waals surface area contributed by atoms with E-state index < -0.39 is 0 Å². The van der Waals surface area contributed by atoms with Crippen molar-refractivity contribution in [3.05, 3.63) is 53.5 Å². The molecule has 0 radical (unpaired) electrons. The molecule has 90 valence electrons. The second-order valence-corrected chi connectivity index (χ2v) is 7.07.